The first-order chi connectivity index (χ1) is 11.8. The Labute approximate surface area is 148 Å². The molecule has 134 valence electrons. The summed E-state index contributed by atoms with van der Waals surface area (Å²) in [6.45, 7) is 0.578. The van der Waals surface area contributed by atoms with Crippen LogP contribution in [0.1, 0.15) is 16.7 Å². The average Bonchev–Trinajstić information content (AvgIpc) is 2.59. The van der Waals surface area contributed by atoms with Gasteiger partial charge in [-0.2, -0.15) is 4.31 Å². The summed E-state index contributed by atoms with van der Waals surface area (Å²) >= 11 is 0. The van der Waals surface area contributed by atoms with Crippen molar-refractivity contribution in [1.82, 2.24) is 4.31 Å². The maximum absolute atomic E-state index is 12.6. The van der Waals surface area contributed by atoms with Crippen molar-refractivity contribution < 1.29 is 16.8 Å². The van der Waals surface area contributed by atoms with Crippen LogP contribution in [0, 0.1) is 0 Å². The summed E-state index contributed by atoms with van der Waals surface area (Å²) in [7, 11) is -7.22. The molecule has 1 aliphatic rings. The number of nitrogens with two attached hydrogens (primary N) is 1. The van der Waals surface area contributed by atoms with E-state index >= 15 is 0 Å². The molecule has 6 nitrogen and oxygen atoms in total. The average molecular weight is 380 g/mol. The van der Waals surface area contributed by atoms with E-state index in [0.29, 0.717) is 24.9 Å². The number of primary sulfonamides is 1. The van der Waals surface area contributed by atoms with E-state index < -0.39 is 20.0 Å². The highest BCUT2D eigenvalue weighted by Gasteiger charge is 2.27. The quantitative estimate of drug-likeness (QED) is 0.844. The number of benzene rings is 2. The van der Waals surface area contributed by atoms with Gasteiger partial charge in [-0.15, -0.1) is 0 Å². The lowest BCUT2D eigenvalue weighted by atomic mass is 10.0. The third kappa shape index (κ3) is 4.27. The van der Waals surface area contributed by atoms with Gasteiger partial charge in [0.25, 0.3) is 0 Å². The third-order valence-corrected chi connectivity index (χ3v) is 7.10. The molecule has 2 aromatic rings. The molecule has 8 heteroatoms. The molecule has 1 aliphatic heterocycles. The smallest absolute Gasteiger partial charge is 0.225 e. The number of fused-ring (bicyclic) bond motifs is 1. The Kier molecular flexibility index (Phi) is 4.97. The van der Waals surface area contributed by atoms with E-state index in [1.165, 1.54) is 16.4 Å². The van der Waals surface area contributed by atoms with E-state index in [1.54, 1.807) is 6.07 Å². The molecule has 0 spiro atoms. The van der Waals surface area contributed by atoms with Gasteiger partial charge in [0.05, 0.1) is 10.6 Å². The van der Waals surface area contributed by atoms with Gasteiger partial charge in [-0.25, -0.2) is 22.0 Å². The maximum Gasteiger partial charge on any atom is 0.238 e. The van der Waals surface area contributed by atoms with E-state index in [1.807, 2.05) is 30.3 Å². The second-order valence-corrected chi connectivity index (χ2v) is 9.76. The lowest BCUT2D eigenvalue weighted by Crippen LogP contribution is -2.38. The van der Waals surface area contributed by atoms with Crippen molar-refractivity contribution in [1.29, 1.82) is 0 Å². The Balaban J connectivity index is 1.76. The van der Waals surface area contributed by atoms with Crippen LogP contribution >= 0.6 is 0 Å². The van der Waals surface area contributed by atoms with E-state index in [0.717, 1.165) is 11.1 Å². The van der Waals surface area contributed by atoms with E-state index in [9.17, 15) is 16.8 Å². The van der Waals surface area contributed by atoms with Crippen LogP contribution in [0.5, 0.6) is 0 Å². The molecule has 0 atom stereocenters. The van der Waals surface area contributed by atoms with Crippen LogP contribution in [0.4, 0.5) is 0 Å². The minimum atomic E-state index is -3.80. The Hall–Kier alpha value is -1.74. The molecular formula is C17H20N2O4S2. The second kappa shape index (κ2) is 6.87. The maximum atomic E-state index is 12.6. The lowest BCUT2D eigenvalue weighted by molar-refractivity contribution is 0.391. The molecule has 0 amide bonds. The SMILES string of the molecule is NS(=O)(=O)c1ccc2c(c1)CN(S(=O)(=O)CCc1ccccc1)CC2. The molecule has 0 saturated heterocycles. The van der Waals surface area contributed by atoms with Crippen LogP contribution in [0.25, 0.3) is 0 Å². The van der Waals surface area contributed by atoms with E-state index in [-0.39, 0.29) is 17.2 Å². The summed E-state index contributed by atoms with van der Waals surface area (Å²) in [4.78, 5) is 0.00906. The standard InChI is InChI=1S/C17H20N2O4S2/c18-25(22,23)17-7-6-15-8-10-19(13-16(15)12-17)24(20,21)11-9-14-4-2-1-3-5-14/h1-7,12H,8-11,13H2,(H2,18,22,23). The van der Waals surface area contributed by atoms with Gasteiger partial charge in [-0.1, -0.05) is 36.4 Å². The minimum absolute atomic E-state index is 0.00906. The summed E-state index contributed by atoms with van der Waals surface area (Å²) in [5, 5.41) is 5.16. The highest BCUT2D eigenvalue weighted by atomic mass is 32.2. The summed E-state index contributed by atoms with van der Waals surface area (Å²) < 4.78 is 49.7. The van der Waals surface area contributed by atoms with Gasteiger partial charge in [0.1, 0.15) is 0 Å². The molecule has 0 aliphatic carbocycles. The molecule has 0 aromatic heterocycles. The van der Waals surface area contributed by atoms with Gasteiger partial charge in [-0.3, -0.25) is 0 Å². The molecule has 0 radical (unpaired) electrons. The number of rotatable bonds is 5. The molecule has 0 unspecified atom stereocenters. The summed E-state index contributed by atoms with van der Waals surface area (Å²) in [6.07, 6.45) is 1.01. The fourth-order valence-electron chi connectivity index (χ4n) is 2.94. The first-order valence-electron chi connectivity index (χ1n) is 7.92. The van der Waals surface area contributed by atoms with Crippen molar-refractivity contribution in [2.75, 3.05) is 12.3 Å². The van der Waals surface area contributed by atoms with Gasteiger partial charge >= 0.3 is 0 Å². The molecule has 3 rings (SSSR count). The molecular weight excluding hydrogens is 360 g/mol. The molecule has 2 aromatic carbocycles. The Bertz CT molecular complexity index is 971. The largest absolute Gasteiger partial charge is 0.238 e. The molecule has 1 heterocycles. The van der Waals surface area contributed by atoms with E-state index in [2.05, 4.69) is 0 Å². The van der Waals surface area contributed by atoms with Gasteiger partial charge in [0, 0.05) is 13.1 Å². The molecule has 2 N–H and O–H groups in total. The molecule has 0 bridgehead atoms. The molecule has 0 saturated carbocycles. The van der Waals surface area contributed by atoms with Crippen molar-refractivity contribution in [2.24, 2.45) is 5.14 Å². The highest BCUT2D eigenvalue weighted by Crippen LogP contribution is 2.24. The summed E-state index contributed by atoms with van der Waals surface area (Å²) in [5.41, 5.74) is 2.63. The summed E-state index contributed by atoms with van der Waals surface area (Å²) in [5.74, 6) is 0.0290. The van der Waals surface area contributed by atoms with Gasteiger partial charge in [0.2, 0.25) is 20.0 Å². The number of sulfonamides is 2. The minimum Gasteiger partial charge on any atom is -0.225 e. The number of hydrogen-bond acceptors (Lipinski definition) is 4. The van der Waals surface area contributed by atoms with Crippen molar-refractivity contribution in [3.05, 3.63) is 65.2 Å². The van der Waals surface area contributed by atoms with Crippen LogP contribution in [0.3, 0.4) is 0 Å². The third-order valence-electron chi connectivity index (χ3n) is 4.37. The van der Waals surface area contributed by atoms with Crippen LogP contribution in [0.15, 0.2) is 53.4 Å². The number of hydrogen-bond donors (Lipinski definition) is 1. The Morgan fingerprint density at radius 3 is 2.36 bits per heavy atom. The first kappa shape index (κ1) is 18.1. The predicted octanol–water partition coefficient (Wildman–Crippen LogP) is 1.26. The van der Waals surface area contributed by atoms with Gasteiger partial charge in [0.15, 0.2) is 0 Å². The van der Waals surface area contributed by atoms with Crippen molar-refractivity contribution in [3.8, 4) is 0 Å². The monoisotopic (exact) mass is 380 g/mol. The highest BCUT2D eigenvalue weighted by molar-refractivity contribution is 7.89. The zero-order valence-electron chi connectivity index (χ0n) is 13.6. The zero-order valence-corrected chi connectivity index (χ0v) is 15.3. The Morgan fingerprint density at radius 1 is 0.960 bits per heavy atom. The van der Waals surface area contributed by atoms with E-state index in [4.69, 9.17) is 5.14 Å². The zero-order chi connectivity index (χ0) is 18.1. The van der Waals surface area contributed by atoms with Crippen LogP contribution in [-0.4, -0.2) is 33.4 Å². The fourth-order valence-corrected chi connectivity index (χ4v) is 4.96. The predicted molar refractivity (Wildman–Crippen MR) is 95.9 cm³/mol. The Morgan fingerprint density at radius 2 is 1.68 bits per heavy atom. The van der Waals surface area contributed by atoms with Gasteiger partial charge in [-0.05, 0) is 41.7 Å². The second-order valence-electron chi connectivity index (χ2n) is 6.11. The van der Waals surface area contributed by atoms with Crippen molar-refractivity contribution >= 4 is 20.0 Å². The van der Waals surface area contributed by atoms with Crippen LogP contribution < -0.4 is 5.14 Å². The van der Waals surface area contributed by atoms with Crippen molar-refractivity contribution in [3.63, 3.8) is 0 Å². The lowest BCUT2D eigenvalue weighted by Gasteiger charge is -2.28. The number of aryl methyl sites for hydroxylation is 1. The molecule has 25 heavy (non-hydrogen) atoms. The molecule has 0 fully saturated rings. The fraction of sp³-hybridized carbons (Fsp3) is 0.294. The summed E-state index contributed by atoms with van der Waals surface area (Å²) in [6, 6.07) is 14.1. The van der Waals surface area contributed by atoms with Crippen LogP contribution in [-0.2, 0) is 39.4 Å². The van der Waals surface area contributed by atoms with Crippen molar-refractivity contribution in [2.45, 2.75) is 24.3 Å². The van der Waals surface area contributed by atoms with Gasteiger partial charge < -0.3 is 0 Å². The first-order valence-corrected chi connectivity index (χ1v) is 11.1. The normalized spacial score (nSPS) is 15.7. The van der Waals surface area contributed by atoms with Crippen LogP contribution in [0.2, 0.25) is 0 Å². The topological polar surface area (TPSA) is 97.5 Å². The number of nitrogens with zero attached hydrogens (tertiary/aromatic N) is 1.